The molecular formula is C49H64. The van der Waals surface area contributed by atoms with Crippen LogP contribution in [0.15, 0.2) is 84.9 Å². The maximum absolute atomic E-state index is 2.41. The van der Waals surface area contributed by atoms with Gasteiger partial charge in [0.2, 0.25) is 0 Å². The molecule has 0 aliphatic heterocycles. The molecule has 0 radical (unpaired) electrons. The highest BCUT2D eigenvalue weighted by Crippen LogP contribution is 2.57. The molecule has 0 aromatic heterocycles. The Balaban J connectivity index is 0.00000270. The number of fused-ring (bicyclic) bond motifs is 3. The molecule has 0 heteroatoms. The summed E-state index contributed by atoms with van der Waals surface area (Å²) < 4.78 is 0. The van der Waals surface area contributed by atoms with Gasteiger partial charge < -0.3 is 0 Å². The minimum Gasteiger partial charge on any atom is -0.0776 e. The van der Waals surface area contributed by atoms with Crippen LogP contribution in [-0.4, -0.2) is 0 Å². The third-order valence-electron chi connectivity index (χ3n) is 10.7. The Hall–Kier alpha value is -3.64. The Bertz CT molecular complexity index is 1760. The fourth-order valence-electron chi connectivity index (χ4n) is 8.12. The average molecular weight is 653 g/mol. The summed E-state index contributed by atoms with van der Waals surface area (Å²) in [6, 6.07) is 32.9. The second-order valence-electron chi connectivity index (χ2n) is 14.3. The third-order valence-corrected chi connectivity index (χ3v) is 10.7. The summed E-state index contributed by atoms with van der Waals surface area (Å²) in [5, 5.41) is 2.79. The van der Waals surface area contributed by atoms with Crippen molar-refractivity contribution in [3.63, 3.8) is 0 Å². The van der Waals surface area contributed by atoms with E-state index in [-0.39, 0.29) is 14.9 Å². The lowest BCUT2D eigenvalue weighted by atomic mass is 9.77. The van der Waals surface area contributed by atoms with Gasteiger partial charge in [0.25, 0.3) is 0 Å². The van der Waals surface area contributed by atoms with Crippen LogP contribution in [0.2, 0.25) is 0 Å². The van der Waals surface area contributed by atoms with Crippen molar-refractivity contribution >= 4 is 10.8 Å². The van der Waals surface area contributed by atoms with Crippen LogP contribution in [0.4, 0.5) is 0 Å². The molecule has 1 aliphatic rings. The van der Waals surface area contributed by atoms with Gasteiger partial charge in [-0.25, -0.2) is 0 Å². The van der Waals surface area contributed by atoms with Crippen LogP contribution in [0.3, 0.4) is 0 Å². The molecule has 0 saturated heterocycles. The van der Waals surface area contributed by atoms with Gasteiger partial charge in [0.1, 0.15) is 0 Å². The first kappa shape index (κ1) is 38.2. The molecule has 0 N–H and O–H groups in total. The Morgan fingerprint density at radius 3 is 1.14 bits per heavy atom. The van der Waals surface area contributed by atoms with Crippen LogP contribution in [0.5, 0.6) is 0 Å². The highest BCUT2D eigenvalue weighted by molar-refractivity contribution is 6.21. The van der Waals surface area contributed by atoms with Crippen LogP contribution in [0.25, 0.3) is 55.3 Å². The maximum atomic E-state index is 2.41. The first-order valence-corrected chi connectivity index (χ1v) is 19.0. The van der Waals surface area contributed by atoms with Crippen LogP contribution in [0.1, 0.15) is 134 Å². The molecule has 0 bridgehead atoms. The molecule has 0 saturated carbocycles. The van der Waals surface area contributed by atoms with E-state index in [9.17, 15) is 0 Å². The summed E-state index contributed by atoms with van der Waals surface area (Å²) in [7, 11) is 0. The SMILES string of the molecule is C.C.CCCCCCCCCc1c(CCCCCCCC)c(-c2ccc(C)cc2)c2c(c1-c1ccc(C)cc1)-c1cccc3cccc-2c13. The maximum Gasteiger partial charge on any atom is -0.00109 e. The zero-order chi connectivity index (χ0) is 32.6. The van der Waals surface area contributed by atoms with E-state index in [4.69, 9.17) is 0 Å². The first-order valence-electron chi connectivity index (χ1n) is 19.0. The Morgan fingerprint density at radius 2 is 0.755 bits per heavy atom. The normalized spacial score (nSPS) is 11.3. The van der Waals surface area contributed by atoms with Crippen molar-refractivity contribution in [1.29, 1.82) is 0 Å². The van der Waals surface area contributed by atoms with Gasteiger partial charge in [-0.2, -0.15) is 0 Å². The topological polar surface area (TPSA) is 0 Å². The number of aryl methyl sites for hydroxylation is 2. The lowest BCUT2D eigenvalue weighted by molar-refractivity contribution is 0.587. The van der Waals surface area contributed by atoms with Crippen molar-refractivity contribution in [2.45, 2.75) is 139 Å². The largest absolute Gasteiger partial charge is 0.0776 e. The molecule has 260 valence electrons. The lowest BCUT2D eigenvalue weighted by Crippen LogP contribution is -2.06. The van der Waals surface area contributed by atoms with Gasteiger partial charge in [-0.3, -0.25) is 0 Å². The summed E-state index contributed by atoms with van der Waals surface area (Å²) in [6.07, 6.45) is 19.6. The van der Waals surface area contributed by atoms with Gasteiger partial charge in [0, 0.05) is 0 Å². The van der Waals surface area contributed by atoms with Gasteiger partial charge in [0.15, 0.2) is 0 Å². The average Bonchev–Trinajstić information content (AvgIpc) is 3.42. The van der Waals surface area contributed by atoms with E-state index in [0.717, 1.165) is 12.8 Å². The highest BCUT2D eigenvalue weighted by Gasteiger charge is 2.32. The molecule has 0 nitrogen and oxygen atoms in total. The quantitative estimate of drug-likeness (QED) is 0.0860. The van der Waals surface area contributed by atoms with E-state index in [1.54, 1.807) is 11.1 Å². The second kappa shape index (κ2) is 18.4. The highest BCUT2D eigenvalue weighted by atomic mass is 14.3. The molecule has 0 fully saturated rings. The zero-order valence-corrected chi connectivity index (χ0v) is 29.7. The number of hydrogen-bond donors (Lipinski definition) is 0. The van der Waals surface area contributed by atoms with Crippen LogP contribution < -0.4 is 0 Å². The molecule has 0 heterocycles. The molecule has 6 rings (SSSR count). The molecule has 49 heavy (non-hydrogen) atoms. The Kier molecular flexibility index (Phi) is 14.3. The van der Waals surface area contributed by atoms with Crippen molar-refractivity contribution in [3.05, 3.63) is 107 Å². The van der Waals surface area contributed by atoms with E-state index in [0.29, 0.717) is 0 Å². The van der Waals surface area contributed by atoms with E-state index in [1.807, 2.05) is 0 Å². The zero-order valence-electron chi connectivity index (χ0n) is 29.7. The standard InChI is InChI=1S/C47H56.2CH4/c1-5-7-9-11-13-15-17-23-40-39(22-16-14-12-10-8-6-2)44(37-30-26-34(3)27-31-37)46-41-24-18-20-36-21-19-25-42(43(36)41)47(46)45(40)38-32-28-35(4)29-33-38;;/h18-21,24-33H,5-17,22-23H2,1-4H3;2*1H4. The van der Waals surface area contributed by atoms with Crippen molar-refractivity contribution in [1.82, 2.24) is 0 Å². The molecule has 0 unspecified atom stereocenters. The van der Waals surface area contributed by atoms with Gasteiger partial charge >= 0.3 is 0 Å². The summed E-state index contributed by atoms with van der Waals surface area (Å²) in [4.78, 5) is 0. The van der Waals surface area contributed by atoms with E-state index in [1.165, 1.54) is 150 Å². The third kappa shape index (κ3) is 8.40. The van der Waals surface area contributed by atoms with Crippen LogP contribution in [-0.2, 0) is 12.8 Å². The van der Waals surface area contributed by atoms with Gasteiger partial charge in [0.05, 0.1) is 0 Å². The number of hydrogen-bond acceptors (Lipinski definition) is 0. The fraction of sp³-hybridized carbons (Fsp3) is 0.429. The molecule has 5 aromatic rings. The molecule has 0 atom stereocenters. The predicted molar refractivity (Wildman–Crippen MR) is 221 cm³/mol. The van der Waals surface area contributed by atoms with Crippen molar-refractivity contribution in [2.75, 3.05) is 0 Å². The summed E-state index contributed by atoms with van der Waals surface area (Å²) in [5.41, 5.74) is 17.5. The van der Waals surface area contributed by atoms with Gasteiger partial charge in [-0.15, -0.1) is 0 Å². The Morgan fingerprint density at radius 1 is 0.388 bits per heavy atom. The first-order chi connectivity index (χ1) is 23.1. The summed E-state index contributed by atoms with van der Waals surface area (Å²) >= 11 is 0. The minimum absolute atomic E-state index is 0. The molecule has 5 aromatic carbocycles. The van der Waals surface area contributed by atoms with Crippen LogP contribution in [0, 0.1) is 13.8 Å². The number of rotatable bonds is 17. The predicted octanol–water partition coefficient (Wildman–Crippen LogP) is 15.9. The van der Waals surface area contributed by atoms with Crippen molar-refractivity contribution in [2.24, 2.45) is 0 Å². The van der Waals surface area contributed by atoms with E-state index >= 15 is 0 Å². The number of benzene rings is 5. The van der Waals surface area contributed by atoms with E-state index < -0.39 is 0 Å². The van der Waals surface area contributed by atoms with E-state index in [2.05, 4.69) is 113 Å². The number of unbranched alkanes of at least 4 members (excludes halogenated alkanes) is 11. The second-order valence-corrected chi connectivity index (χ2v) is 14.3. The fourth-order valence-corrected chi connectivity index (χ4v) is 8.12. The smallest absolute Gasteiger partial charge is 0.00109 e. The minimum atomic E-state index is 0. The van der Waals surface area contributed by atoms with Gasteiger partial charge in [-0.1, -0.05) is 195 Å². The molecule has 0 amide bonds. The molecule has 0 spiro atoms. The monoisotopic (exact) mass is 653 g/mol. The van der Waals surface area contributed by atoms with Crippen molar-refractivity contribution < 1.29 is 0 Å². The van der Waals surface area contributed by atoms with Gasteiger partial charge in [-0.05, 0) is 106 Å². The lowest BCUT2D eigenvalue weighted by Gasteiger charge is -2.26. The van der Waals surface area contributed by atoms with Crippen molar-refractivity contribution in [3.8, 4) is 44.5 Å². The summed E-state index contributed by atoms with van der Waals surface area (Å²) in [5.74, 6) is 0. The summed E-state index contributed by atoms with van der Waals surface area (Å²) in [6.45, 7) is 9.07. The van der Waals surface area contributed by atoms with Crippen LogP contribution >= 0.6 is 0 Å². The molecular weight excluding hydrogens is 589 g/mol. The molecule has 1 aliphatic carbocycles. The Labute approximate surface area is 300 Å².